The van der Waals surface area contributed by atoms with Gasteiger partial charge in [0.2, 0.25) is 0 Å². The number of quaternary nitrogens is 1. The molecular formula is C18H25NO7. The Morgan fingerprint density at radius 1 is 1.46 bits per heavy atom. The van der Waals surface area contributed by atoms with Crippen LogP contribution in [0.25, 0.3) is 0 Å². The lowest BCUT2D eigenvalue weighted by Gasteiger charge is -2.41. The fraction of sp³-hybridized carbons (Fsp3) is 0.667. The lowest BCUT2D eigenvalue weighted by Crippen LogP contribution is -2.51. The summed E-state index contributed by atoms with van der Waals surface area (Å²) in [6.07, 6.45) is 3.22. The monoisotopic (exact) mass is 367 g/mol. The summed E-state index contributed by atoms with van der Waals surface area (Å²) < 4.78 is 10.4. The maximum Gasteiger partial charge on any atom is 0.341 e. The molecule has 2 N–H and O–H groups in total. The third-order valence-corrected chi connectivity index (χ3v) is 5.87. The zero-order valence-electron chi connectivity index (χ0n) is 15.0. The molecule has 0 aromatic carbocycles. The van der Waals surface area contributed by atoms with Gasteiger partial charge in [0.15, 0.2) is 17.7 Å². The van der Waals surface area contributed by atoms with Crippen molar-refractivity contribution in [2.24, 2.45) is 5.92 Å². The number of esters is 2. The maximum atomic E-state index is 12.9. The minimum absolute atomic E-state index is 0.0406. The van der Waals surface area contributed by atoms with Crippen LogP contribution in [0.15, 0.2) is 23.3 Å². The summed E-state index contributed by atoms with van der Waals surface area (Å²) in [6, 6.07) is -0.594. The van der Waals surface area contributed by atoms with Gasteiger partial charge in [0.25, 0.3) is 0 Å². The van der Waals surface area contributed by atoms with Gasteiger partial charge in [-0.2, -0.15) is 0 Å². The number of hydroxylamine groups is 3. The molecule has 0 aromatic heterocycles. The third kappa shape index (κ3) is 2.96. The van der Waals surface area contributed by atoms with E-state index in [4.69, 9.17) is 9.47 Å². The molecule has 3 aliphatic heterocycles. The molecule has 0 radical (unpaired) electrons. The standard InChI is InChI=1S/C18H25NO7/c1-3-12-8-11(2)18(23,10-20)17(22)25-9-13-4-6-19(24)7-5-14(15(13)19)26-16(12)21/h3-4,11,14-15,20,23H,5-10H2,1-2H3/b12-3-/t11-,14+,15+,18-,19-/m0/s1. The first-order valence-corrected chi connectivity index (χ1v) is 8.88. The van der Waals surface area contributed by atoms with Gasteiger partial charge in [0.1, 0.15) is 6.61 Å². The quantitative estimate of drug-likeness (QED) is 0.223. The van der Waals surface area contributed by atoms with E-state index in [0.29, 0.717) is 18.5 Å². The van der Waals surface area contributed by atoms with Gasteiger partial charge in [-0.3, -0.25) is 0 Å². The number of ether oxygens (including phenoxy) is 2. The predicted molar refractivity (Wildman–Crippen MR) is 90.3 cm³/mol. The molecular weight excluding hydrogens is 342 g/mol. The number of cyclic esters (lactones) is 1. The van der Waals surface area contributed by atoms with Crippen LogP contribution in [0.2, 0.25) is 0 Å². The SMILES string of the molecule is C/C=C1/C[C@H](C)[C@@](O)(CO)C(=O)OCC2=CC[N@+]3([O-])CC[C@@H](OC1=O)[C@@H]23. The second kappa shape index (κ2) is 6.77. The highest BCUT2D eigenvalue weighted by Gasteiger charge is 2.51. The number of carbonyl (C=O) groups is 2. The van der Waals surface area contributed by atoms with E-state index in [2.05, 4.69) is 0 Å². The second-order valence-corrected chi connectivity index (χ2v) is 7.39. The van der Waals surface area contributed by atoms with Crippen molar-refractivity contribution in [1.82, 2.24) is 0 Å². The molecule has 0 aromatic rings. The highest BCUT2D eigenvalue weighted by Crippen LogP contribution is 2.39. The Morgan fingerprint density at radius 3 is 2.85 bits per heavy atom. The molecule has 5 atom stereocenters. The van der Waals surface area contributed by atoms with Crippen molar-refractivity contribution in [2.75, 3.05) is 26.3 Å². The minimum atomic E-state index is -2.13. The number of aliphatic hydroxyl groups excluding tert-OH is 1. The van der Waals surface area contributed by atoms with Crippen LogP contribution in [0, 0.1) is 11.1 Å². The molecule has 2 fully saturated rings. The summed E-state index contributed by atoms with van der Waals surface area (Å²) in [6.45, 7) is 2.81. The second-order valence-electron chi connectivity index (χ2n) is 7.39. The van der Waals surface area contributed by atoms with Gasteiger partial charge < -0.3 is 29.5 Å². The molecule has 0 bridgehead atoms. The molecule has 8 nitrogen and oxygen atoms in total. The number of hydrogen-bond acceptors (Lipinski definition) is 7. The zero-order valence-corrected chi connectivity index (χ0v) is 15.0. The summed E-state index contributed by atoms with van der Waals surface area (Å²) in [7, 11) is 0. The normalized spacial score (nSPS) is 42.4. The topological polar surface area (TPSA) is 116 Å². The lowest BCUT2D eigenvalue weighted by molar-refractivity contribution is -0.877. The van der Waals surface area contributed by atoms with Crippen LogP contribution >= 0.6 is 0 Å². The summed E-state index contributed by atoms with van der Waals surface area (Å²) in [5.41, 5.74) is -1.25. The number of carbonyl (C=O) groups excluding carboxylic acids is 2. The van der Waals surface area contributed by atoms with Crippen LogP contribution in [0.1, 0.15) is 26.7 Å². The van der Waals surface area contributed by atoms with Gasteiger partial charge in [0.05, 0.1) is 19.7 Å². The highest BCUT2D eigenvalue weighted by atomic mass is 16.6. The largest absolute Gasteiger partial charge is 0.632 e. The van der Waals surface area contributed by atoms with E-state index in [1.54, 1.807) is 26.0 Å². The zero-order chi connectivity index (χ0) is 19.1. The molecule has 3 rings (SSSR count). The number of hydrogen-bond donors (Lipinski definition) is 2. The molecule has 0 amide bonds. The highest BCUT2D eigenvalue weighted by molar-refractivity contribution is 5.89. The van der Waals surface area contributed by atoms with Crippen LogP contribution in [0.4, 0.5) is 0 Å². The number of aliphatic hydroxyl groups is 2. The molecule has 8 heteroatoms. The Labute approximate surface area is 151 Å². The molecule has 3 aliphatic rings. The predicted octanol–water partition coefficient (Wildman–Crippen LogP) is 0.178. The van der Waals surface area contributed by atoms with Gasteiger partial charge in [0, 0.05) is 23.5 Å². The van der Waals surface area contributed by atoms with Crippen molar-refractivity contribution in [3.63, 3.8) is 0 Å². The number of rotatable bonds is 1. The first-order chi connectivity index (χ1) is 12.2. The van der Waals surface area contributed by atoms with Crippen molar-refractivity contribution in [3.8, 4) is 0 Å². The van der Waals surface area contributed by atoms with Crippen molar-refractivity contribution in [2.45, 2.75) is 44.4 Å². The Morgan fingerprint density at radius 2 is 2.19 bits per heavy atom. The van der Waals surface area contributed by atoms with Crippen molar-refractivity contribution >= 4 is 11.9 Å². The average molecular weight is 367 g/mol. The molecule has 0 spiro atoms. The van der Waals surface area contributed by atoms with Gasteiger partial charge in [-0.15, -0.1) is 0 Å². The van der Waals surface area contributed by atoms with Gasteiger partial charge in [-0.05, 0) is 19.4 Å². The van der Waals surface area contributed by atoms with Gasteiger partial charge in [-0.25, -0.2) is 9.59 Å². The van der Waals surface area contributed by atoms with E-state index >= 15 is 0 Å². The van der Waals surface area contributed by atoms with Crippen LogP contribution in [0.5, 0.6) is 0 Å². The van der Waals surface area contributed by atoms with E-state index in [9.17, 15) is 25.0 Å². The summed E-state index contributed by atoms with van der Waals surface area (Å²) >= 11 is 0. The maximum absolute atomic E-state index is 12.9. The fourth-order valence-corrected chi connectivity index (χ4v) is 4.08. The number of allylic oxidation sites excluding steroid dienone is 1. The van der Waals surface area contributed by atoms with E-state index < -0.39 is 46.9 Å². The lowest BCUT2D eigenvalue weighted by atomic mass is 9.84. The summed E-state index contributed by atoms with van der Waals surface area (Å²) in [5, 5.41) is 33.1. The van der Waals surface area contributed by atoms with Crippen LogP contribution in [-0.2, 0) is 19.1 Å². The molecule has 26 heavy (non-hydrogen) atoms. The van der Waals surface area contributed by atoms with Crippen molar-refractivity contribution < 1.29 is 33.9 Å². The van der Waals surface area contributed by atoms with Crippen LogP contribution in [0.3, 0.4) is 0 Å². The van der Waals surface area contributed by atoms with Gasteiger partial charge in [-0.1, -0.05) is 13.0 Å². The Balaban J connectivity index is 1.96. The molecule has 0 aliphatic carbocycles. The summed E-state index contributed by atoms with van der Waals surface area (Å²) in [5.74, 6) is -2.27. The summed E-state index contributed by atoms with van der Waals surface area (Å²) in [4.78, 5) is 25.0. The first-order valence-electron chi connectivity index (χ1n) is 8.88. The van der Waals surface area contributed by atoms with Crippen LogP contribution in [-0.4, -0.2) is 70.8 Å². The first kappa shape index (κ1) is 19.0. The molecule has 3 heterocycles. The smallest absolute Gasteiger partial charge is 0.341 e. The van der Waals surface area contributed by atoms with Crippen molar-refractivity contribution in [3.05, 3.63) is 28.5 Å². The van der Waals surface area contributed by atoms with Crippen LogP contribution < -0.4 is 0 Å². The Bertz CT molecular complexity index is 672. The van der Waals surface area contributed by atoms with E-state index in [1.807, 2.05) is 0 Å². The van der Waals surface area contributed by atoms with E-state index in [-0.39, 0.29) is 25.1 Å². The van der Waals surface area contributed by atoms with E-state index in [0.717, 1.165) is 0 Å². The Kier molecular flexibility index (Phi) is 4.96. The van der Waals surface area contributed by atoms with E-state index in [1.165, 1.54) is 0 Å². The third-order valence-electron chi connectivity index (χ3n) is 5.87. The fourth-order valence-electron chi connectivity index (χ4n) is 4.08. The molecule has 0 unspecified atom stereocenters. The molecule has 2 saturated heterocycles. The molecule has 0 saturated carbocycles. The number of nitrogens with zero attached hydrogens (tertiary/aromatic N) is 1. The van der Waals surface area contributed by atoms with Gasteiger partial charge >= 0.3 is 11.9 Å². The van der Waals surface area contributed by atoms with Crippen molar-refractivity contribution in [1.29, 1.82) is 0 Å². The molecule has 144 valence electrons. The Hall–Kier alpha value is -1.74. The minimum Gasteiger partial charge on any atom is -0.632 e. The average Bonchev–Trinajstić information content (AvgIpc) is 3.11.